The van der Waals surface area contributed by atoms with Crippen LogP contribution in [0.1, 0.15) is 55.3 Å². The molecule has 2 nitrogen and oxygen atoms in total. The van der Waals surface area contributed by atoms with Gasteiger partial charge in [0.15, 0.2) is 5.78 Å². The maximum absolute atomic E-state index is 11.9. The molecule has 82 valence electrons. The largest absolute Gasteiger partial charge is 0.367 e. The number of Topliss-reactive ketones (excluding diaryl/α,β-unsaturated/α-hetero) is 1. The van der Waals surface area contributed by atoms with Crippen LogP contribution in [0.4, 0.5) is 0 Å². The number of ketones is 1. The molecule has 1 aliphatic carbocycles. The van der Waals surface area contributed by atoms with Gasteiger partial charge in [0, 0.05) is 24.4 Å². The number of carbonyl (C=O) groups excluding carboxylic acids is 1. The lowest BCUT2D eigenvalue weighted by Crippen LogP contribution is -2.07. The smallest absolute Gasteiger partial charge is 0.164 e. The molecule has 15 heavy (non-hydrogen) atoms. The highest BCUT2D eigenvalue weighted by Crippen LogP contribution is 2.26. The Morgan fingerprint density at radius 3 is 2.60 bits per heavy atom. The molecule has 0 aliphatic heterocycles. The van der Waals surface area contributed by atoms with Crippen molar-refractivity contribution in [2.75, 3.05) is 0 Å². The monoisotopic (exact) mass is 205 g/mol. The molecule has 0 atom stereocenters. The summed E-state index contributed by atoms with van der Waals surface area (Å²) in [6.45, 7) is 0. The number of carbonyl (C=O) groups is 1. The quantitative estimate of drug-likeness (QED) is 0.594. The van der Waals surface area contributed by atoms with Crippen LogP contribution in [0.2, 0.25) is 0 Å². The van der Waals surface area contributed by atoms with Gasteiger partial charge in [-0.1, -0.05) is 38.5 Å². The van der Waals surface area contributed by atoms with Crippen LogP contribution in [0.25, 0.3) is 0 Å². The Hall–Kier alpha value is -1.05. The van der Waals surface area contributed by atoms with E-state index in [4.69, 9.17) is 0 Å². The average molecular weight is 205 g/mol. The molecule has 1 fully saturated rings. The Morgan fingerprint density at radius 1 is 1.27 bits per heavy atom. The molecule has 1 aromatic rings. The van der Waals surface area contributed by atoms with E-state index in [1.54, 1.807) is 6.20 Å². The summed E-state index contributed by atoms with van der Waals surface area (Å²) in [5.41, 5.74) is 0.847. The highest BCUT2D eigenvalue weighted by molar-refractivity contribution is 5.95. The van der Waals surface area contributed by atoms with Crippen molar-refractivity contribution in [3.63, 3.8) is 0 Å². The predicted octanol–water partition coefficient (Wildman–Crippen LogP) is 3.56. The highest BCUT2D eigenvalue weighted by atomic mass is 16.1. The zero-order valence-corrected chi connectivity index (χ0v) is 9.17. The number of aromatic amines is 1. The summed E-state index contributed by atoms with van der Waals surface area (Å²) in [6.07, 6.45) is 12.2. The Balaban J connectivity index is 1.87. The lowest BCUT2D eigenvalue weighted by molar-refractivity contribution is 0.0957. The molecule has 1 saturated carbocycles. The number of hydrogen-bond acceptors (Lipinski definition) is 1. The van der Waals surface area contributed by atoms with Gasteiger partial charge in [0.2, 0.25) is 0 Å². The normalized spacial score (nSPS) is 18.7. The van der Waals surface area contributed by atoms with Crippen molar-refractivity contribution >= 4 is 5.78 Å². The molecule has 0 saturated heterocycles. The van der Waals surface area contributed by atoms with E-state index in [9.17, 15) is 4.79 Å². The molecule has 2 rings (SSSR count). The summed E-state index contributed by atoms with van der Waals surface area (Å²) in [7, 11) is 0. The topological polar surface area (TPSA) is 32.9 Å². The van der Waals surface area contributed by atoms with Crippen molar-refractivity contribution in [1.82, 2.24) is 4.98 Å². The van der Waals surface area contributed by atoms with Crippen LogP contribution in [-0.4, -0.2) is 10.8 Å². The van der Waals surface area contributed by atoms with Gasteiger partial charge in [-0.15, -0.1) is 0 Å². The summed E-state index contributed by atoms with van der Waals surface area (Å²) in [6, 6.07) is 1.87. The third-order valence-electron chi connectivity index (χ3n) is 3.37. The van der Waals surface area contributed by atoms with Crippen molar-refractivity contribution in [3.8, 4) is 0 Å². The van der Waals surface area contributed by atoms with Crippen LogP contribution in [0.3, 0.4) is 0 Å². The van der Waals surface area contributed by atoms with E-state index in [1.165, 1.54) is 38.5 Å². The van der Waals surface area contributed by atoms with E-state index >= 15 is 0 Å². The second-order valence-corrected chi connectivity index (χ2v) is 4.58. The second kappa shape index (κ2) is 5.15. The van der Waals surface area contributed by atoms with Crippen LogP contribution in [0.15, 0.2) is 18.5 Å². The predicted molar refractivity (Wildman–Crippen MR) is 60.9 cm³/mol. The standard InChI is InChI=1S/C13H19NO/c15-13(12-7-8-14-10-12)9-11-5-3-1-2-4-6-11/h7-8,10-11,14H,1-6,9H2. The number of rotatable bonds is 3. The van der Waals surface area contributed by atoms with Gasteiger partial charge in [-0.3, -0.25) is 4.79 Å². The van der Waals surface area contributed by atoms with Crippen molar-refractivity contribution < 1.29 is 4.79 Å². The van der Waals surface area contributed by atoms with Crippen molar-refractivity contribution in [1.29, 1.82) is 0 Å². The van der Waals surface area contributed by atoms with E-state index in [1.807, 2.05) is 12.3 Å². The average Bonchev–Trinajstić information content (AvgIpc) is 2.65. The number of nitrogens with one attached hydrogen (secondary N) is 1. The lowest BCUT2D eigenvalue weighted by Gasteiger charge is -2.11. The summed E-state index contributed by atoms with van der Waals surface area (Å²) >= 11 is 0. The maximum Gasteiger partial charge on any atom is 0.164 e. The first-order valence-electron chi connectivity index (χ1n) is 6.02. The molecule has 0 unspecified atom stereocenters. The van der Waals surface area contributed by atoms with Gasteiger partial charge < -0.3 is 4.98 Å². The van der Waals surface area contributed by atoms with Gasteiger partial charge in [-0.2, -0.15) is 0 Å². The lowest BCUT2D eigenvalue weighted by atomic mass is 9.93. The fraction of sp³-hybridized carbons (Fsp3) is 0.615. The number of aromatic nitrogens is 1. The zero-order valence-electron chi connectivity index (χ0n) is 9.17. The van der Waals surface area contributed by atoms with Crippen LogP contribution in [0, 0.1) is 5.92 Å². The van der Waals surface area contributed by atoms with Gasteiger partial charge in [0.05, 0.1) is 0 Å². The molecule has 2 heteroatoms. The Morgan fingerprint density at radius 2 is 2.00 bits per heavy atom. The fourth-order valence-corrected chi connectivity index (χ4v) is 2.45. The summed E-state index contributed by atoms with van der Waals surface area (Å²) in [5, 5.41) is 0. The fourth-order valence-electron chi connectivity index (χ4n) is 2.45. The molecule has 0 radical (unpaired) electrons. The van der Waals surface area contributed by atoms with Crippen LogP contribution in [0.5, 0.6) is 0 Å². The zero-order chi connectivity index (χ0) is 10.5. The van der Waals surface area contributed by atoms with E-state index in [-0.39, 0.29) is 0 Å². The van der Waals surface area contributed by atoms with E-state index < -0.39 is 0 Å². The summed E-state index contributed by atoms with van der Waals surface area (Å²) in [5.74, 6) is 0.943. The first-order chi connectivity index (χ1) is 7.36. The van der Waals surface area contributed by atoms with Crippen molar-refractivity contribution in [2.24, 2.45) is 5.92 Å². The first kappa shape index (κ1) is 10.5. The van der Waals surface area contributed by atoms with Gasteiger partial charge >= 0.3 is 0 Å². The van der Waals surface area contributed by atoms with E-state index in [0.29, 0.717) is 11.7 Å². The van der Waals surface area contributed by atoms with Gasteiger partial charge in [-0.05, 0) is 12.0 Å². The van der Waals surface area contributed by atoms with E-state index in [2.05, 4.69) is 4.98 Å². The van der Waals surface area contributed by atoms with Crippen LogP contribution in [-0.2, 0) is 0 Å². The third kappa shape index (κ3) is 2.95. The summed E-state index contributed by atoms with van der Waals surface area (Å²) in [4.78, 5) is 14.8. The molecule has 1 heterocycles. The Kier molecular flexibility index (Phi) is 3.59. The Labute approximate surface area is 91.1 Å². The number of H-pyrrole nitrogens is 1. The molecular formula is C13H19NO. The molecule has 0 aromatic carbocycles. The minimum atomic E-state index is 0.308. The maximum atomic E-state index is 11.9. The third-order valence-corrected chi connectivity index (χ3v) is 3.37. The molecule has 1 N–H and O–H groups in total. The van der Waals surface area contributed by atoms with Crippen LogP contribution < -0.4 is 0 Å². The second-order valence-electron chi connectivity index (χ2n) is 4.58. The molecule has 1 aliphatic rings. The van der Waals surface area contributed by atoms with E-state index in [0.717, 1.165) is 12.0 Å². The van der Waals surface area contributed by atoms with Crippen LogP contribution >= 0.6 is 0 Å². The molecular weight excluding hydrogens is 186 g/mol. The first-order valence-corrected chi connectivity index (χ1v) is 6.02. The van der Waals surface area contributed by atoms with Gasteiger partial charge in [-0.25, -0.2) is 0 Å². The highest BCUT2D eigenvalue weighted by Gasteiger charge is 2.17. The van der Waals surface area contributed by atoms with Crippen molar-refractivity contribution in [2.45, 2.75) is 44.9 Å². The summed E-state index contributed by atoms with van der Waals surface area (Å²) < 4.78 is 0. The molecule has 1 aromatic heterocycles. The molecule has 0 spiro atoms. The van der Waals surface area contributed by atoms with Gasteiger partial charge in [0.1, 0.15) is 0 Å². The molecule has 0 bridgehead atoms. The number of hydrogen-bond donors (Lipinski definition) is 1. The van der Waals surface area contributed by atoms with Gasteiger partial charge in [0.25, 0.3) is 0 Å². The van der Waals surface area contributed by atoms with Crippen molar-refractivity contribution in [3.05, 3.63) is 24.0 Å². The minimum Gasteiger partial charge on any atom is -0.367 e. The molecule has 0 amide bonds. The Bertz CT molecular complexity index is 294. The SMILES string of the molecule is O=C(CC1CCCCCC1)c1cc[nH]c1. The minimum absolute atomic E-state index is 0.308.